The second-order valence-corrected chi connectivity index (χ2v) is 20.0. The van der Waals surface area contributed by atoms with E-state index in [0.717, 1.165) is 11.1 Å². The Balaban J connectivity index is 0. The van der Waals surface area contributed by atoms with Gasteiger partial charge in [-0.1, -0.05) is 131 Å². The van der Waals surface area contributed by atoms with Crippen molar-refractivity contribution in [2.24, 2.45) is 55.2 Å². The molecule has 4 rings (SSSR count). The van der Waals surface area contributed by atoms with Crippen LogP contribution in [0.25, 0.3) is 41.8 Å². The van der Waals surface area contributed by atoms with Crippen LogP contribution < -0.4 is 44.2 Å². The third-order valence-corrected chi connectivity index (χ3v) is 12.5. The van der Waals surface area contributed by atoms with E-state index in [0.29, 0.717) is 105 Å². The molecule has 0 bridgehead atoms. The molecule has 0 aliphatic carbocycles. The number of carbonyl (C=O) groups is 8. The molecule has 16 N–H and O–H groups in total. The van der Waals surface area contributed by atoms with E-state index in [4.69, 9.17) is 84.4 Å². The highest BCUT2D eigenvalue weighted by molar-refractivity contribution is 8.07. The number of hydrogen-bond acceptors (Lipinski definition) is 24. The number of carboxylic acids is 4. The van der Waals surface area contributed by atoms with E-state index in [1.165, 1.54) is 0 Å². The molecule has 0 heterocycles. The summed E-state index contributed by atoms with van der Waals surface area (Å²) in [6.07, 6.45) is 1.80. The third-order valence-electron chi connectivity index (χ3n) is 12.5. The van der Waals surface area contributed by atoms with Crippen LogP contribution in [0.2, 0.25) is 0 Å². The van der Waals surface area contributed by atoms with Crippen molar-refractivity contribution in [1.82, 2.24) is 21.3 Å². The lowest BCUT2D eigenvalue weighted by Crippen LogP contribution is -2.32. The normalized spacial score (nSPS) is 11.5. The van der Waals surface area contributed by atoms with Crippen LogP contribution >= 0.6 is 0 Å². The molecular formula is C57H78N20O16S4. The number of benzene rings is 4. The number of unbranched alkanes of at least 4 members (excludes halogenated alkanes) is 1. The molecule has 4 aromatic rings. The van der Waals surface area contributed by atoms with E-state index in [9.17, 15) is 38.4 Å². The summed E-state index contributed by atoms with van der Waals surface area (Å²) in [7, 11) is 0. The van der Waals surface area contributed by atoms with Crippen molar-refractivity contribution in [3.8, 4) is 0 Å². The van der Waals surface area contributed by atoms with Crippen LogP contribution in [0.4, 0.5) is 41.9 Å². The molecule has 40 heteroatoms. The van der Waals surface area contributed by atoms with Gasteiger partial charge >= 0.3 is 48.3 Å². The fourth-order valence-corrected chi connectivity index (χ4v) is 7.10. The first-order valence-corrected chi connectivity index (χ1v) is 31.5. The van der Waals surface area contributed by atoms with Gasteiger partial charge in [0, 0.05) is 113 Å². The van der Waals surface area contributed by atoms with E-state index in [-0.39, 0.29) is 51.2 Å². The Morgan fingerprint density at radius 2 is 0.711 bits per heavy atom. The summed E-state index contributed by atoms with van der Waals surface area (Å²) < 4.78 is 20.2. The number of amides is 4. The summed E-state index contributed by atoms with van der Waals surface area (Å²) >= 11 is 14.7. The Kier molecular flexibility index (Phi) is 51.5. The molecule has 0 radical (unpaired) electrons. The monoisotopic (exact) mass is 1430 g/mol. The molecule has 0 aliphatic heterocycles. The number of hydrogen-bond donors (Lipinski definition) is 12. The summed E-state index contributed by atoms with van der Waals surface area (Å²) in [6.45, 7) is 5.31. The fourth-order valence-electron chi connectivity index (χ4n) is 7.10. The van der Waals surface area contributed by atoms with Gasteiger partial charge in [0.2, 0.25) is 0 Å². The highest BCUT2D eigenvalue weighted by atomic mass is 32.8. The molecule has 0 fully saturated rings. The number of azide groups is 4. The Morgan fingerprint density at radius 1 is 0.412 bits per heavy atom. The van der Waals surface area contributed by atoms with Crippen LogP contribution in [0.3, 0.4) is 0 Å². The molecule has 0 saturated carbocycles. The van der Waals surface area contributed by atoms with Crippen molar-refractivity contribution in [3.63, 3.8) is 0 Å². The summed E-state index contributed by atoms with van der Waals surface area (Å²) in [4.78, 5) is 99.3. The number of rotatable bonds is 35. The number of aliphatic carboxylic acids is 4. The lowest BCUT2D eigenvalue weighted by atomic mass is 10.0. The van der Waals surface area contributed by atoms with Crippen molar-refractivity contribution < 1.29 is 77.7 Å². The average Bonchev–Trinajstić information content (AvgIpc) is 1.12. The molecule has 0 unspecified atom stereocenters. The van der Waals surface area contributed by atoms with E-state index < -0.39 is 72.4 Å². The third kappa shape index (κ3) is 45.7. The first kappa shape index (κ1) is 88.9. The minimum absolute atomic E-state index is 0.0146. The van der Waals surface area contributed by atoms with Gasteiger partial charge < -0.3 is 83.6 Å². The molecule has 0 aliphatic rings. The molecule has 6 atom stereocenters. The summed E-state index contributed by atoms with van der Waals surface area (Å²) in [5.41, 5.74) is 59.6. The Labute approximate surface area is 576 Å². The van der Waals surface area contributed by atoms with Gasteiger partial charge in [0.25, 0.3) is 0 Å². The first-order valence-electron chi connectivity index (χ1n) is 28.9. The van der Waals surface area contributed by atoms with Crippen LogP contribution in [0.15, 0.2) is 118 Å². The first-order chi connectivity index (χ1) is 46.4. The molecule has 526 valence electrons. The quantitative estimate of drug-likeness (QED) is 0.00670. The number of carboxylic acid groups (broad SMARTS) is 4. The second-order valence-electron chi connectivity index (χ2n) is 20.0. The summed E-state index contributed by atoms with van der Waals surface area (Å²) in [6, 6.07) is 23.3. The van der Waals surface area contributed by atoms with Crippen molar-refractivity contribution >= 4 is 116 Å². The van der Waals surface area contributed by atoms with Gasteiger partial charge in [-0.2, -0.15) is 0 Å². The second kappa shape index (κ2) is 56.2. The number of alkyl carbamates (subject to hydrolysis) is 4. The van der Waals surface area contributed by atoms with Crippen LogP contribution in [0.1, 0.15) is 93.9 Å². The maximum atomic E-state index is 11.7. The van der Waals surface area contributed by atoms with Gasteiger partial charge in [-0.3, -0.25) is 19.2 Å². The van der Waals surface area contributed by atoms with Gasteiger partial charge in [-0.25, -0.2) is 19.2 Å². The predicted octanol–water partition coefficient (Wildman–Crippen LogP) is 9.84. The lowest BCUT2D eigenvalue weighted by molar-refractivity contribution is -0.139. The van der Waals surface area contributed by atoms with Gasteiger partial charge in [0.05, 0.1) is 0 Å². The molecule has 36 nitrogen and oxygen atoms in total. The van der Waals surface area contributed by atoms with Gasteiger partial charge in [0.15, 0.2) is 0 Å². The Morgan fingerprint density at radius 3 is 1.05 bits per heavy atom. The summed E-state index contributed by atoms with van der Waals surface area (Å²) in [5.74, 6) is -4.00. The van der Waals surface area contributed by atoms with Crippen LogP contribution in [-0.4, -0.2) is 119 Å². The molecule has 4 aromatic carbocycles. The van der Waals surface area contributed by atoms with Crippen molar-refractivity contribution in [1.29, 1.82) is 0 Å². The topological polar surface area (TPSA) is 602 Å². The Bertz CT molecular complexity index is 3250. The highest BCUT2D eigenvalue weighted by Crippen LogP contribution is 2.21. The largest absolute Gasteiger partial charge is 0.480 e. The average molecular weight is 1430 g/mol. The Hall–Kier alpha value is -10.2. The van der Waals surface area contributed by atoms with Gasteiger partial charge in [-0.15, -0.1) is 0 Å². The van der Waals surface area contributed by atoms with E-state index in [1.54, 1.807) is 97.1 Å². The molecule has 0 spiro atoms. The maximum Gasteiger partial charge on any atom is 0.407 e. The maximum absolute atomic E-state index is 11.7. The molecule has 0 aromatic heterocycles. The molecule has 4 amide bonds. The minimum atomic E-state index is -1.07. The van der Waals surface area contributed by atoms with Crippen LogP contribution in [0.5, 0.6) is 0 Å². The molecular weight excluding hydrogens is 1350 g/mol. The van der Waals surface area contributed by atoms with Crippen molar-refractivity contribution in [3.05, 3.63) is 161 Å². The minimum Gasteiger partial charge on any atom is -0.480 e. The van der Waals surface area contributed by atoms with Crippen LogP contribution in [-0.2, 0) is 109 Å². The number of nitrogens with two attached hydrogens (primary N) is 4. The van der Waals surface area contributed by atoms with E-state index in [1.807, 2.05) is 13.8 Å². The van der Waals surface area contributed by atoms with Crippen molar-refractivity contribution in [2.75, 3.05) is 26.2 Å². The number of nitrogens with zero attached hydrogens (tertiary/aromatic N) is 12. The van der Waals surface area contributed by atoms with E-state index >= 15 is 0 Å². The highest BCUT2D eigenvalue weighted by Gasteiger charge is 2.17. The van der Waals surface area contributed by atoms with E-state index in [2.05, 4.69) is 106 Å². The molecule has 0 saturated heterocycles. The number of nitrogens with one attached hydrogen (secondary N) is 4. The SMILES string of the molecule is C[C@@H](CC[C@H](N)C(=O)O)CNC(=O)OCc1ccc(N=[N+]=[N-])cc1.C[C@@H](CC[C@H](N)C(=O)O)CNC(=O)OCc1ccccc1N=[N+]=[N-].S=S.S=S.[N-]=[N+]=Nc1ccc(COC(=O)NCCCC[C@H](N)C(=O)O)cc1.[N-]=[N+]=Nc1ccccc1COC(=O)NCCC[C@H](N)C(=O)O. The predicted molar refractivity (Wildman–Crippen MR) is 366 cm³/mol. The van der Waals surface area contributed by atoms with Crippen LogP contribution in [0, 0.1) is 11.8 Å². The number of ether oxygens (including phenoxy) is 4. The fraction of sp³-hybridized carbons (Fsp3) is 0.439. The zero-order valence-electron chi connectivity index (χ0n) is 52.7. The lowest BCUT2D eigenvalue weighted by Gasteiger charge is -2.14. The van der Waals surface area contributed by atoms with Gasteiger partial charge in [-0.05, 0) is 114 Å². The van der Waals surface area contributed by atoms with Crippen molar-refractivity contribution in [2.45, 2.75) is 122 Å². The van der Waals surface area contributed by atoms with Gasteiger partial charge in [0.1, 0.15) is 50.6 Å². The molecule has 97 heavy (non-hydrogen) atoms. The summed E-state index contributed by atoms with van der Waals surface area (Å²) in [5, 5.41) is 58.8. The zero-order valence-corrected chi connectivity index (χ0v) is 56.0. The number of carbonyl (C=O) groups excluding carboxylic acids is 4. The smallest absolute Gasteiger partial charge is 0.407 e. The zero-order chi connectivity index (χ0) is 73.3. The standard InChI is InChI=1S/2C15H21N5O4.C14H19N5O4.C13H17N5O4.2S2/c1-10(2-7-13(16)14(21)22)8-18-15(23)24-9-11-3-5-12(6-4-11)19-20-17;1-10(6-7-12(16)14(21)22)8-18-15(23)24-9-11-4-2-3-5-13(11)19-20-17;15-12(13(20)21)3-1-2-8-17-14(22)23-9-10-4-6-11(7-5-10)18-19-16;14-10(12(19)20)5-3-7-16-13(21)22-8-9-4-1-2-6-11(9)17-18-15;2*1-2/h3-6,10,13H,2,7-9,16H2,1H3,(H,18,23)(H,21,22);2-5,10,12H,6-9,16H2,1H3,(H,18,23)(H,21,22);4-7,12H,1-3,8-9,15H2,(H,17,22)(H,20,21);1-2,4,6,10H,3,5,7-8,14H2,(H,16,21)(H,19,20);;/t10-,13-;10-,12-;12-;10-;;/m0000../s1.